The predicted octanol–water partition coefficient (Wildman–Crippen LogP) is 3.57. The van der Waals surface area contributed by atoms with Crippen molar-refractivity contribution < 1.29 is 33.3 Å². The van der Waals surface area contributed by atoms with Crippen LogP contribution in [0.15, 0.2) is 48.5 Å². The van der Waals surface area contributed by atoms with Crippen molar-refractivity contribution in [2.24, 2.45) is 0 Å². The topological polar surface area (TPSA) is 88.1 Å². The van der Waals surface area contributed by atoms with Gasteiger partial charge in [0, 0.05) is 0 Å². The molecule has 0 saturated heterocycles. The van der Waals surface area contributed by atoms with Crippen LogP contribution in [0.25, 0.3) is 0 Å². The van der Waals surface area contributed by atoms with Gasteiger partial charge in [0.05, 0.1) is 11.1 Å². The van der Waals surface area contributed by atoms with E-state index in [0.717, 1.165) is 11.1 Å². The van der Waals surface area contributed by atoms with E-state index in [4.69, 9.17) is 0 Å². The first kappa shape index (κ1) is 17.9. The summed E-state index contributed by atoms with van der Waals surface area (Å²) in [4.78, 5) is 32.0. The summed E-state index contributed by atoms with van der Waals surface area (Å²) in [6.45, 7) is 3.72. The van der Waals surface area contributed by atoms with Gasteiger partial charge in [-0.25, -0.2) is 9.59 Å². The third-order valence-electron chi connectivity index (χ3n) is 2.95. The minimum absolute atomic E-state index is 0.215. The van der Waals surface area contributed by atoms with Crippen molar-refractivity contribution in [3.8, 4) is 0 Å². The van der Waals surface area contributed by atoms with Crippen molar-refractivity contribution in [1.29, 1.82) is 0 Å². The summed E-state index contributed by atoms with van der Waals surface area (Å²) < 4.78 is 20.0. The van der Waals surface area contributed by atoms with Crippen molar-refractivity contribution in [2.45, 2.75) is 13.8 Å². The van der Waals surface area contributed by atoms with E-state index in [-0.39, 0.29) is 11.1 Å². The molecule has 0 aliphatic heterocycles. The molecule has 0 unspecified atom stereocenters. The first-order valence-electron chi connectivity index (χ1n) is 6.90. The summed E-state index contributed by atoms with van der Waals surface area (Å²) in [5.74, 6) is -1.69. The molecule has 0 saturated carbocycles. The average Bonchev–Trinajstić information content (AvgIpc) is 2.58. The van der Waals surface area contributed by atoms with E-state index in [1.54, 1.807) is 24.3 Å². The van der Waals surface area contributed by atoms with Gasteiger partial charge in [0.15, 0.2) is 0 Å². The molecule has 7 nitrogen and oxygen atoms in total. The van der Waals surface area contributed by atoms with Crippen LogP contribution in [0.5, 0.6) is 0 Å². The van der Waals surface area contributed by atoms with Crippen LogP contribution in [0.1, 0.15) is 31.8 Å². The highest BCUT2D eigenvalue weighted by atomic mass is 31.1. The third-order valence-corrected chi connectivity index (χ3v) is 3.38. The van der Waals surface area contributed by atoms with Crippen molar-refractivity contribution in [3.05, 3.63) is 70.8 Å². The molecule has 0 N–H and O–H groups in total. The highest BCUT2D eigenvalue weighted by Gasteiger charge is 2.14. The first-order valence-corrected chi connectivity index (χ1v) is 8.13. The van der Waals surface area contributed by atoms with Gasteiger partial charge in [0.1, 0.15) is 0 Å². The lowest BCUT2D eigenvalue weighted by Gasteiger charge is -2.04. The van der Waals surface area contributed by atoms with Gasteiger partial charge in [-0.05, 0) is 38.1 Å². The zero-order valence-electron chi connectivity index (χ0n) is 13.0. The fourth-order valence-electron chi connectivity index (χ4n) is 1.63. The van der Waals surface area contributed by atoms with Gasteiger partial charge in [-0.1, -0.05) is 44.7 Å². The lowest BCUT2D eigenvalue weighted by atomic mass is 10.2. The summed E-state index contributed by atoms with van der Waals surface area (Å²) in [5, 5.41) is 0. The lowest BCUT2D eigenvalue weighted by molar-refractivity contribution is -0.201. The minimum atomic E-state index is -3.35. The third kappa shape index (κ3) is 5.31. The Balaban J connectivity index is 1.77. The van der Waals surface area contributed by atoms with E-state index < -0.39 is 20.2 Å². The molecule has 0 fully saturated rings. The van der Waals surface area contributed by atoms with E-state index in [1.165, 1.54) is 24.3 Å². The monoisotopic (exact) mass is 350 g/mol. The van der Waals surface area contributed by atoms with Crippen LogP contribution in [-0.4, -0.2) is 11.9 Å². The fourth-order valence-corrected chi connectivity index (χ4v) is 1.95. The minimum Gasteiger partial charge on any atom is -0.284 e. The van der Waals surface area contributed by atoms with Crippen molar-refractivity contribution in [2.75, 3.05) is 0 Å². The molecule has 0 aliphatic rings. The quantitative estimate of drug-likeness (QED) is 0.447. The van der Waals surface area contributed by atoms with Crippen LogP contribution in [-0.2, 0) is 23.7 Å². The van der Waals surface area contributed by atoms with Crippen LogP contribution in [0.2, 0.25) is 0 Å². The molecule has 24 heavy (non-hydrogen) atoms. The number of benzene rings is 2. The van der Waals surface area contributed by atoms with E-state index in [0.29, 0.717) is 0 Å². The molecule has 0 radical (unpaired) electrons. The van der Waals surface area contributed by atoms with Crippen molar-refractivity contribution >= 4 is 20.2 Å². The SMILES string of the molecule is Cc1ccc(C(=O)OO[PH](=O)OOC(=O)c2ccc(C)cc2)cc1. The van der Waals surface area contributed by atoms with E-state index in [9.17, 15) is 14.2 Å². The average molecular weight is 350 g/mol. The summed E-state index contributed by atoms with van der Waals surface area (Å²) in [5.41, 5.74) is 2.36. The second-order valence-corrected chi connectivity index (χ2v) is 5.72. The zero-order chi connectivity index (χ0) is 17.5. The highest BCUT2D eigenvalue weighted by molar-refractivity contribution is 7.33. The first-order chi connectivity index (χ1) is 11.5. The Morgan fingerprint density at radius 3 is 1.38 bits per heavy atom. The van der Waals surface area contributed by atoms with Crippen molar-refractivity contribution in [3.63, 3.8) is 0 Å². The van der Waals surface area contributed by atoms with Gasteiger partial charge in [-0.15, -0.1) is 0 Å². The molecule has 8 heteroatoms. The Hall–Kier alpha value is -2.47. The van der Waals surface area contributed by atoms with Gasteiger partial charge in [0.25, 0.3) is 0 Å². The summed E-state index contributed by atoms with van der Waals surface area (Å²) in [6, 6.07) is 12.9. The van der Waals surface area contributed by atoms with E-state index in [1.807, 2.05) is 13.8 Å². The smallest absolute Gasteiger partial charge is 0.284 e. The number of carbonyl (C=O) groups is 2. The van der Waals surface area contributed by atoms with E-state index >= 15 is 0 Å². The Labute approximate surface area is 138 Å². The fraction of sp³-hybridized carbons (Fsp3) is 0.125. The highest BCUT2D eigenvalue weighted by Crippen LogP contribution is 2.25. The maximum absolute atomic E-state index is 11.6. The predicted molar refractivity (Wildman–Crippen MR) is 84.4 cm³/mol. The maximum atomic E-state index is 11.6. The molecule has 2 aromatic rings. The molecule has 0 bridgehead atoms. The van der Waals surface area contributed by atoms with Gasteiger partial charge in [0.2, 0.25) is 0 Å². The van der Waals surface area contributed by atoms with E-state index in [2.05, 4.69) is 19.1 Å². The number of aryl methyl sites for hydroxylation is 2. The lowest BCUT2D eigenvalue weighted by Crippen LogP contribution is -2.06. The second-order valence-electron chi connectivity index (χ2n) is 4.89. The van der Waals surface area contributed by atoms with Crippen LogP contribution < -0.4 is 0 Å². The summed E-state index contributed by atoms with van der Waals surface area (Å²) >= 11 is 0. The molecule has 2 aromatic carbocycles. The normalized spacial score (nSPS) is 10.5. The second kappa shape index (κ2) is 8.40. The molecule has 0 aliphatic carbocycles. The van der Waals surface area contributed by atoms with Crippen LogP contribution >= 0.6 is 8.25 Å². The number of hydrogen-bond donors (Lipinski definition) is 0. The molecular formula is C16H15O7P. The molecule has 126 valence electrons. The standard InChI is InChI=1S/C16H15O7P/c1-11-3-7-13(8-4-11)15(17)20-22-24(19)23-21-16(18)14-9-5-12(2)6-10-14/h3-10,24H,1-2H3. The molecular weight excluding hydrogens is 335 g/mol. The van der Waals surface area contributed by atoms with Gasteiger partial charge >= 0.3 is 20.2 Å². The van der Waals surface area contributed by atoms with Crippen LogP contribution in [0.4, 0.5) is 0 Å². The molecule has 0 amide bonds. The zero-order valence-corrected chi connectivity index (χ0v) is 14.0. The Kier molecular flexibility index (Phi) is 6.26. The number of hydrogen-bond acceptors (Lipinski definition) is 7. The van der Waals surface area contributed by atoms with Crippen molar-refractivity contribution in [1.82, 2.24) is 0 Å². The van der Waals surface area contributed by atoms with Gasteiger partial charge in [-0.2, -0.15) is 0 Å². The number of rotatable bonds is 6. The Morgan fingerprint density at radius 2 is 1.04 bits per heavy atom. The van der Waals surface area contributed by atoms with Gasteiger partial charge in [-0.3, -0.25) is 14.3 Å². The van der Waals surface area contributed by atoms with Crippen LogP contribution in [0, 0.1) is 13.8 Å². The largest absolute Gasteiger partial charge is 0.395 e. The van der Waals surface area contributed by atoms with Gasteiger partial charge < -0.3 is 0 Å². The molecule has 0 spiro atoms. The molecule has 0 heterocycles. The molecule has 0 atom stereocenters. The molecule has 2 rings (SSSR count). The van der Waals surface area contributed by atoms with Crippen LogP contribution in [0.3, 0.4) is 0 Å². The summed E-state index contributed by atoms with van der Waals surface area (Å²) in [7, 11) is -3.35. The number of carbonyl (C=O) groups excluding carboxylic acids is 2. The summed E-state index contributed by atoms with van der Waals surface area (Å²) in [6.07, 6.45) is 0. The Bertz CT molecular complexity index is 675. The maximum Gasteiger partial charge on any atom is 0.395 e. The Morgan fingerprint density at radius 1 is 0.708 bits per heavy atom. The molecule has 0 aromatic heterocycles.